The van der Waals surface area contributed by atoms with Gasteiger partial charge in [-0.15, -0.1) is 0 Å². The molecular weight excluding hydrogens is 291 g/mol. The molecule has 0 saturated carbocycles. The Balaban J connectivity index is 2.42. The molecule has 0 radical (unpaired) electrons. The van der Waals surface area contributed by atoms with Gasteiger partial charge in [0.1, 0.15) is 17.9 Å². The predicted molar refractivity (Wildman–Crippen MR) is 78.7 cm³/mol. The van der Waals surface area contributed by atoms with Gasteiger partial charge in [-0.05, 0) is 19.9 Å². The van der Waals surface area contributed by atoms with Gasteiger partial charge in [0.15, 0.2) is 11.6 Å². The van der Waals surface area contributed by atoms with E-state index in [0.29, 0.717) is 5.52 Å². The summed E-state index contributed by atoms with van der Waals surface area (Å²) in [5.41, 5.74) is 5.23. The van der Waals surface area contributed by atoms with E-state index in [4.69, 9.17) is 15.2 Å². The van der Waals surface area contributed by atoms with Crippen LogP contribution >= 0.6 is 0 Å². The molecule has 0 fully saturated rings. The molecule has 7 heteroatoms. The first-order chi connectivity index (χ1) is 10.5. The summed E-state index contributed by atoms with van der Waals surface area (Å²) < 4.78 is 26.0. The highest BCUT2D eigenvalue weighted by molar-refractivity contribution is 5.97. The summed E-state index contributed by atoms with van der Waals surface area (Å²) >= 11 is 0. The number of hydrogen-bond acceptors (Lipinski definition) is 5. The van der Waals surface area contributed by atoms with Crippen molar-refractivity contribution in [3.63, 3.8) is 0 Å². The Morgan fingerprint density at radius 1 is 1.59 bits per heavy atom. The highest BCUT2D eigenvalue weighted by Crippen LogP contribution is 2.37. The summed E-state index contributed by atoms with van der Waals surface area (Å²) in [5, 5.41) is 0.0544. The number of hydrogen-bond donors (Lipinski definition) is 1. The van der Waals surface area contributed by atoms with Crippen LogP contribution in [-0.4, -0.2) is 23.8 Å². The summed E-state index contributed by atoms with van der Waals surface area (Å²) in [6.45, 7) is 3.92. The highest BCUT2D eigenvalue weighted by Gasteiger charge is 2.27. The smallest absolute Gasteiger partial charge is 0.343 e. The molecule has 116 valence electrons. The van der Waals surface area contributed by atoms with E-state index in [1.165, 1.54) is 6.20 Å². The highest BCUT2D eigenvalue weighted by atomic mass is 19.1. The molecule has 22 heavy (non-hydrogen) atoms. The van der Waals surface area contributed by atoms with Crippen LogP contribution in [0.15, 0.2) is 17.1 Å². The second-order valence-electron chi connectivity index (χ2n) is 5.16. The van der Waals surface area contributed by atoms with E-state index >= 15 is 0 Å². The molecule has 2 heterocycles. The van der Waals surface area contributed by atoms with Crippen molar-refractivity contribution in [3.8, 4) is 5.75 Å². The predicted octanol–water partition coefficient (Wildman–Crippen LogP) is 1.85. The number of carbonyl (C=O) groups excluding carboxylic acids is 1. The third kappa shape index (κ3) is 1.93. The number of anilines is 1. The number of esters is 1. The molecule has 1 aliphatic rings. The second kappa shape index (κ2) is 5.01. The van der Waals surface area contributed by atoms with Gasteiger partial charge >= 0.3 is 5.97 Å². The molecule has 0 bridgehead atoms. The summed E-state index contributed by atoms with van der Waals surface area (Å²) in [6, 6.07) is 0.908. The van der Waals surface area contributed by atoms with Crippen molar-refractivity contribution in [1.29, 1.82) is 0 Å². The van der Waals surface area contributed by atoms with E-state index in [1.807, 2.05) is 6.92 Å². The number of aromatic nitrogens is 1. The van der Waals surface area contributed by atoms with Crippen LogP contribution in [0, 0.1) is 5.82 Å². The maximum atomic E-state index is 13.9. The van der Waals surface area contributed by atoms with Crippen LogP contribution in [0.2, 0.25) is 0 Å². The molecule has 1 aromatic heterocycles. The number of nitrogens with two attached hydrogens (primary N) is 1. The third-order valence-corrected chi connectivity index (χ3v) is 3.70. The Kier molecular flexibility index (Phi) is 3.27. The van der Waals surface area contributed by atoms with Gasteiger partial charge in [0.2, 0.25) is 5.43 Å². The lowest BCUT2D eigenvalue weighted by Crippen LogP contribution is -2.27. The normalized spacial score (nSPS) is 16.4. The van der Waals surface area contributed by atoms with Gasteiger partial charge < -0.3 is 19.8 Å². The third-order valence-electron chi connectivity index (χ3n) is 3.70. The van der Waals surface area contributed by atoms with E-state index in [-0.39, 0.29) is 41.6 Å². The van der Waals surface area contributed by atoms with Crippen molar-refractivity contribution in [3.05, 3.63) is 33.9 Å². The van der Waals surface area contributed by atoms with E-state index in [0.717, 1.165) is 6.07 Å². The van der Waals surface area contributed by atoms with Crippen LogP contribution in [0.1, 0.15) is 30.2 Å². The standard InChI is InChI=1S/C15H15FN2O4/c1-3-21-15(20)9-5-18-7(2)6-22-14-11(17)10(16)4-8(12(14)18)13(9)19/h4-5,7H,3,6,17H2,1-2H3. The van der Waals surface area contributed by atoms with Gasteiger partial charge in [-0.3, -0.25) is 4.79 Å². The van der Waals surface area contributed by atoms with Gasteiger partial charge in [-0.25, -0.2) is 9.18 Å². The Hall–Kier alpha value is -2.57. The summed E-state index contributed by atoms with van der Waals surface area (Å²) in [5.74, 6) is -1.34. The number of nitrogen functional groups attached to an aromatic ring is 1. The van der Waals surface area contributed by atoms with Crippen molar-refractivity contribution in [1.82, 2.24) is 4.57 Å². The molecule has 6 nitrogen and oxygen atoms in total. The molecule has 1 aliphatic heterocycles. The number of rotatable bonds is 2. The zero-order chi connectivity index (χ0) is 16.0. The molecule has 0 aliphatic carbocycles. The Labute approximate surface area is 125 Å². The SMILES string of the molecule is CCOC(=O)c1cn2c3c(c(N)c(F)cc3c1=O)OCC2C. The number of carbonyl (C=O) groups is 1. The first-order valence-corrected chi connectivity index (χ1v) is 6.92. The van der Waals surface area contributed by atoms with Crippen molar-refractivity contribution in [2.75, 3.05) is 18.9 Å². The lowest BCUT2D eigenvalue weighted by Gasteiger charge is -2.27. The fraction of sp³-hybridized carbons (Fsp3) is 0.333. The molecule has 0 amide bonds. The largest absolute Gasteiger partial charge is 0.487 e. The van der Waals surface area contributed by atoms with Gasteiger partial charge in [0, 0.05) is 6.20 Å². The quantitative estimate of drug-likeness (QED) is 0.676. The molecule has 0 spiro atoms. The van der Waals surface area contributed by atoms with E-state index < -0.39 is 17.2 Å². The number of ether oxygens (including phenoxy) is 2. The minimum Gasteiger partial charge on any atom is -0.487 e. The van der Waals surface area contributed by atoms with Gasteiger partial charge in [-0.1, -0.05) is 0 Å². The first-order valence-electron chi connectivity index (χ1n) is 6.92. The van der Waals surface area contributed by atoms with Crippen molar-refractivity contribution >= 4 is 22.6 Å². The molecule has 0 saturated heterocycles. The molecule has 1 unspecified atom stereocenters. The van der Waals surface area contributed by atoms with Crippen molar-refractivity contribution < 1.29 is 18.7 Å². The molecular formula is C15H15FN2O4. The van der Waals surface area contributed by atoms with Crippen LogP contribution < -0.4 is 15.9 Å². The Morgan fingerprint density at radius 3 is 3.00 bits per heavy atom. The number of nitrogens with zero attached hydrogens (tertiary/aromatic N) is 1. The minimum atomic E-state index is -0.748. The van der Waals surface area contributed by atoms with Crippen LogP contribution in [0.25, 0.3) is 10.9 Å². The maximum absolute atomic E-state index is 13.9. The maximum Gasteiger partial charge on any atom is 0.343 e. The van der Waals surface area contributed by atoms with E-state index in [9.17, 15) is 14.0 Å². The van der Waals surface area contributed by atoms with Crippen LogP contribution in [0.3, 0.4) is 0 Å². The number of halogens is 1. The fourth-order valence-electron chi connectivity index (χ4n) is 2.60. The van der Waals surface area contributed by atoms with Crippen LogP contribution in [0.4, 0.5) is 10.1 Å². The van der Waals surface area contributed by atoms with E-state index in [1.54, 1.807) is 11.5 Å². The van der Waals surface area contributed by atoms with Gasteiger partial charge in [0.05, 0.1) is 23.6 Å². The van der Waals surface area contributed by atoms with Crippen molar-refractivity contribution in [2.24, 2.45) is 0 Å². The lowest BCUT2D eigenvalue weighted by molar-refractivity contribution is 0.0523. The molecule has 3 rings (SSSR count). The second-order valence-corrected chi connectivity index (χ2v) is 5.16. The van der Waals surface area contributed by atoms with Crippen LogP contribution in [0.5, 0.6) is 5.75 Å². The Morgan fingerprint density at radius 2 is 2.32 bits per heavy atom. The summed E-state index contributed by atoms with van der Waals surface area (Å²) in [6.07, 6.45) is 1.43. The minimum absolute atomic E-state index is 0.0544. The van der Waals surface area contributed by atoms with Gasteiger partial charge in [0.25, 0.3) is 0 Å². The average Bonchev–Trinajstić information content (AvgIpc) is 2.48. The zero-order valence-electron chi connectivity index (χ0n) is 12.2. The molecule has 1 atom stereocenters. The fourth-order valence-corrected chi connectivity index (χ4v) is 2.60. The van der Waals surface area contributed by atoms with Gasteiger partial charge in [-0.2, -0.15) is 0 Å². The monoisotopic (exact) mass is 306 g/mol. The topological polar surface area (TPSA) is 83.5 Å². The molecule has 1 aromatic carbocycles. The number of pyridine rings is 1. The summed E-state index contributed by atoms with van der Waals surface area (Å²) in [4.78, 5) is 24.4. The van der Waals surface area contributed by atoms with Crippen molar-refractivity contribution in [2.45, 2.75) is 19.9 Å². The lowest BCUT2D eigenvalue weighted by atomic mass is 10.1. The zero-order valence-corrected chi connectivity index (χ0v) is 12.2. The molecule has 2 N–H and O–H groups in total. The average molecular weight is 306 g/mol. The van der Waals surface area contributed by atoms with Crippen LogP contribution in [-0.2, 0) is 4.74 Å². The molecule has 2 aromatic rings. The number of benzene rings is 1. The summed E-state index contributed by atoms with van der Waals surface area (Å²) in [7, 11) is 0. The Bertz CT molecular complexity index is 844. The first kappa shape index (κ1) is 14.4. The van der Waals surface area contributed by atoms with E-state index in [2.05, 4.69) is 0 Å².